The summed E-state index contributed by atoms with van der Waals surface area (Å²) >= 11 is 0. The molecule has 1 rings (SSSR count). The molecule has 0 aliphatic carbocycles. The quantitative estimate of drug-likeness (QED) is 0.867. The fraction of sp³-hybridized carbons (Fsp3) is 0.600. The van der Waals surface area contributed by atoms with Gasteiger partial charge in [0.05, 0.1) is 6.10 Å². The normalized spacial score (nSPS) is 16.9. The van der Waals surface area contributed by atoms with Crippen molar-refractivity contribution in [3.8, 4) is 0 Å². The Morgan fingerprint density at radius 3 is 2.29 bits per heavy atom. The van der Waals surface area contributed by atoms with Gasteiger partial charge in [0, 0.05) is 5.54 Å². The average molecular weight is 235 g/mol. The van der Waals surface area contributed by atoms with Crippen LogP contribution in [0, 0.1) is 13.8 Å². The van der Waals surface area contributed by atoms with Crippen molar-refractivity contribution in [3.05, 3.63) is 34.9 Å². The molecule has 0 aromatic heterocycles. The van der Waals surface area contributed by atoms with Crippen molar-refractivity contribution in [3.63, 3.8) is 0 Å². The van der Waals surface area contributed by atoms with Crippen LogP contribution in [0.2, 0.25) is 0 Å². The summed E-state index contributed by atoms with van der Waals surface area (Å²) < 4.78 is 0. The Bertz CT molecular complexity index is 387. The van der Waals surface area contributed by atoms with E-state index in [4.69, 9.17) is 0 Å². The second-order valence-electron chi connectivity index (χ2n) is 5.37. The molecule has 2 unspecified atom stereocenters. The van der Waals surface area contributed by atoms with E-state index in [0.717, 1.165) is 12.0 Å². The highest BCUT2D eigenvalue weighted by Gasteiger charge is 2.35. The van der Waals surface area contributed by atoms with Gasteiger partial charge in [-0.05, 0) is 52.4 Å². The number of aliphatic hydroxyl groups excluding tert-OH is 1. The van der Waals surface area contributed by atoms with E-state index < -0.39 is 6.10 Å². The highest BCUT2D eigenvalue weighted by Crippen LogP contribution is 2.34. The number of benzene rings is 1. The summed E-state index contributed by atoms with van der Waals surface area (Å²) in [5.74, 6) is 0. The van der Waals surface area contributed by atoms with E-state index >= 15 is 0 Å². The zero-order valence-electron chi connectivity index (χ0n) is 11.9. The summed E-state index contributed by atoms with van der Waals surface area (Å²) in [6.07, 6.45) is 0.456. The molecule has 0 saturated carbocycles. The molecule has 2 heteroatoms. The Morgan fingerprint density at radius 1 is 1.29 bits per heavy atom. The first-order chi connectivity index (χ1) is 7.82. The van der Waals surface area contributed by atoms with E-state index in [9.17, 15) is 5.11 Å². The first-order valence-corrected chi connectivity index (χ1v) is 6.25. The van der Waals surface area contributed by atoms with Crippen LogP contribution in [-0.4, -0.2) is 29.6 Å². The van der Waals surface area contributed by atoms with Crippen LogP contribution >= 0.6 is 0 Å². The molecule has 1 aromatic carbocycles. The van der Waals surface area contributed by atoms with Crippen LogP contribution in [0.15, 0.2) is 18.2 Å². The summed E-state index contributed by atoms with van der Waals surface area (Å²) in [6.45, 7) is 8.37. The summed E-state index contributed by atoms with van der Waals surface area (Å²) in [6, 6.07) is 6.24. The van der Waals surface area contributed by atoms with E-state index in [1.807, 2.05) is 20.2 Å². The smallest absolute Gasteiger partial charge is 0.0973 e. The molecule has 17 heavy (non-hydrogen) atoms. The molecule has 2 nitrogen and oxygen atoms in total. The summed E-state index contributed by atoms with van der Waals surface area (Å²) in [4.78, 5) is 2.11. The minimum atomic E-state index is -0.455. The van der Waals surface area contributed by atoms with Crippen molar-refractivity contribution in [1.29, 1.82) is 0 Å². The summed E-state index contributed by atoms with van der Waals surface area (Å²) in [5, 5.41) is 10.6. The maximum atomic E-state index is 10.6. The zero-order valence-corrected chi connectivity index (χ0v) is 11.9. The second kappa shape index (κ2) is 5.19. The number of aliphatic hydroxyl groups is 1. The first kappa shape index (κ1) is 14.2. The van der Waals surface area contributed by atoms with E-state index in [-0.39, 0.29) is 5.54 Å². The molecule has 0 aliphatic heterocycles. The molecule has 0 fully saturated rings. The molecule has 0 aliphatic rings. The third kappa shape index (κ3) is 2.70. The predicted molar refractivity (Wildman–Crippen MR) is 73.3 cm³/mol. The minimum Gasteiger partial charge on any atom is -0.386 e. The molecule has 0 bridgehead atoms. The van der Waals surface area contributed by atoms with Crippen molar-refractivity contribution < 1.29 is 5.11 Å². The van der Waals surface area contributed by atoms with Crippen LogP contribution in [0.25, 0.3) is 0 Å². The van der Waals surface area contributed by atoms with Gasteiger partial charge in [0.1, 0.15) is 0 Å². The van der Waals surface area contributed by atoms with Crippen molar-refractivity contribution in [1.82, 2.24) is 4.90 Å². The third-order valence-corrected chi connectivity index (χ3v) is 4.05. The van der Waals surface area contributed by atoms with E-state index in [2.05, 4.69) is 44.7 Å². The van der Waals surface area contributed by atoms with Crippen LogP contribution in [-0.2, 0) is 0 Å². The lowest BCUT2D eigenvalue weighted by molar-refractivity contribution is 0.000502. The van der Waals surface area contributed by atoms with Crippen molar-refractivity contribution >= 4 is 0 Å². The fourth-order valence-corrected chi connectivity index (χ4v) is 2.22. The largest absolute Gasteiger partial charge is 0.386 e. The van der Waals surface area contributed by atoms with Gasteiger partial charge in [-0.2, -0.15) is 0 Å². The number of aryl methyl sites for hydroxylation is 2. The standard InChI is InChI=1S/C15H25NO/c1-7-15(4,16(5)6)14(17)13-9-8-11(2)10-12(13)3/h8-10,14,17H,7H2,1-6H3. The Kier molecular flexibility index (Phi) is 4.34. The van der Waals surface area contributed by atoms with Gasteiger partial charge in [-0.25, -0.2) is 0 Å². The number of hydrogen-bond donors (Lipinski definition) is 1. The van der Waals surface area contributed by atoms with Gasteiger partial charge in [-0.1, -0.05) is 30.7 Å². The molecule has 0 radical (unpaired) electrons. The average Bonchev–Trinajstić information content (AvgIpc) is 2.26. The van der Waals surface area contributed by atoms with E-state index in [1.165, 1.54) is 11.1 Å². The number of nitrogens with zero attached hydrogens (tertiary/aromatic N) is 1. The minimum absolute atomic E-state index is 0.222. The van der Waals surface area contributed by atoms with E-state index in [1.54, 1.807) is 0 Å². The van der Waals surface area contributed by atoms with Crippen LogP contribution in [0.1, 0.15) is 43.1 Å². The molecule has 0 amide bonds. The lowest BCUT2D eigenvalue weighted by Crippen LogP contribution is -2.46. The van der Waals surface area contributed by atoms with Crippen LogP contribution in [0.4, 0.5) is 0 Å². The predicted octanol–water partition coefficient (Wildman–Crippen LogP) is 3.07. The molecular weight excluding hydrogens is 210 g/mol. The van der Waals surface area contributed by atoms with Crippen molar-refractivity contribution in [2.75, 3.05) is 14.1 Å². The van der Waals surface area contributed by atoms with Crippen LogP contribution < -0.4 is 0 Å². The van der Waals surface area contributed by atoms with Gasteiger partial charge < -0.3 is 10.0 Å². The van der Waals surface area contributed by atoms with Crippen molar-refractivity contribution in [2.45, 2.75) is 45.8 Å². The second-order valence-corrected chi connectivity index (χ2v) is 5.37. The van der Waals surface area contributed by atoms with Gasteiger partial charge in [0.2, 0.25) is 0 Å². The fourth-order valence-electron chi connectivity index (χ4n) is 2.22. The molecule has 96 valence electrons. The van der Waals surface area contributed by atoms with Gasteiger partial charge in [-0.3, -0.25) is 0 Å². The number of rotatable bonds is 4. The Morgan fingerprint density at radius 2 is 1.88 bits per heavy atom. The lowest BCUT2D eigenvalue weighted by atomic mass is 9.84. The molecule has 0 saturated heterocycles. The number of hydrogen-bond acceptors (Lipinski definition) is 2. The van der Waals surface area contributed by atoms with Gasteiger partial charge in [-0.15, -0.1) is 0 Å². The Hall–Kier alpha value is -0.860. The Labute approximate surface area is 105 Å². The van der Waals surface area contributed by atoms with Gasteiger partial charge >= 0.3 is 0 Å². The highest BCUT2D eigenvalue weighted by molar-refractivity contribution is 5.33. The molecule has 0 heterocycles. The first-order valence-electron chi connectivity index (χ1n) is 6.25. The van der Waals surface area contributed by atoms with Crippen LogP contribution in [0.3, 0.4) is 0 Å². The SMILES string of the molecule is CCC(C)(C(O)c1ccc(C)cc1C)N(C)C. The summed E-state index contributed by atoms with van der Waals surface area (Å²) in [7, 11) is 4.05. The molecule has 2 atom stereocenters. The van der Waals surface area contributed by atoms with E-state index in [0.29, 0.717) is 0 Å². The van der Waals surface area contributed by atoms with Crippen LogP contribution in [0.5, 0.6) is 0 Å². The summed E-state index contributed by atoms with van der Waals surface area (Å²) in [5.41, 5.74) is 3.22. The molecule has 0 spiro atoms. The Balaban J connectivity index is 3.14. The maximum Gasteiger partial charge on any atom is 0.0973 e. The maximum absolute atomic E-state index is 10.6. The molecule has 1 N–H and O–H groups in total. The lowest BCUT2D eigenvalue weighted by Gasteiger charge is -2.40. The highest BCUT2D eigenvalue weighted by atomic mass is 16.3. The monoisotopic (exact) mass is 235 g/mol. The van der Waals surface area contributed by atoms with Gasteiger partial charge in [0.15, 0.2) is 0 Å². The van der Waals surface area contributed by atoms with Crippen molar-refractivity contribution in [2.24, 2.45) is 0 Å². The molecule has 1 aromatic rings. The van der Waals surface area contributed by atoms with Gasteiger partial charge in [0.25, 0.3) is 0 Å². The third-order valence-electron chi connectivity index (χ3n) is 4.05. The topological polar surface area (TPSA) is 23.5 Å². The number of likely N-dealkylation sites (N-methyl/N-ethyl adjacent to an activating group) is 1. The zero-order chi connectivity index (χ0) is 13.2. The molecular formula is C15H25NO.